The number of halogens is 1. The van der Waals surface area contributed by atoms with Crippen molar-refractivity contribution in [1.29, 1.82) is 0 Å². The van der Waals surface area contributed by atoms with Crippen molar-refractivity contribution in [3.05, 3.63) is 76.8 Å². The van der Waals surface area contributed by atoms with Gasteiger partial charge in [0.2, 0.25) is 5.95 Å². The Hall–Kier alpha value is -4.04. The van der Waals surface area contributed by atoms with Gasteiger partial charge in [-0.15, -0.1) is 0 Å². The van der Waals surface area contributed by atoms with Gasteiger partial charge in [-0.25, -0.2) is 0 Å². The summed E-state index contributed by atoms with van der Waals surface area (Å²) in [5.74, 6) is 2.99. The van der Waals surface area contributed by atoms with Gasteiger partial charge in [0.05, 0.1) is 17.8 Å². The highest BCUT2D eigenvalue weighted by Gasteiger charge is 2.14. The number of aromatic nitrogens is 2. The highest BCUT2D eigenvalue weighted by Crippen LogP contribution is 2.37. The van der Waals surface area contributed by atoms with Crippen LogP contribution in [-0.2, 0) is 6.61 Å². The summed E-state index contributed by atoms with van der Waals surface area (Å²) in [6.07, 6.45) is 1.66. The highest BCUT2D eigenvalue weighted by molar-refractivity contribution is 6.32. The van der Waals surface area contributed by atoms with Crippen molar-refractivity contribution in [2.45, 2.75) is 13.5 Å². The third-order valence-electron chi connectivity index (χ3n) is 5.54. The van der Waals surface area contributed by atoms with Crippen LogP contribution in [0.3, 0.4) is 0 Å². The monoisotopic (exact) mass is 518 g/mol. The number of fused-ring (bicyclic) bond motifs is 1. The van der Waals surface area contributed by atoms with Crippen molar-refractivity contribution in [2.75, 3.05) is 50.0 Å². The predicted molar refractivity (Wildman–Crippen MR) is 153 cm³/mol. The van der Waals surface area contributed by atoms with Crippen molar-refractivity contribution >= 4 is 46.2 Å². The Balaban J connectivity index is 1.54. The van der Waals surface area contributed by atoms with Gasteiger partial charge in [0.25, 0.3) is 0 Å². The smallest absolute Gasteiger partial charge is 0.228 e. The molecule has 4 aromatic rings. The van der Waals surface area contributed by atoms with Crippen molar-refractivity contribution in [1.82, 2.24) is 9.97 Å². The van der Waals surface area contributed by atoms with E-state index in [9.17, 15) is 0 Å². The van der Waals surface area contributed by atoms with E-state index in [1.54, 1.807) is 12.3 Å². The molecule has 8 nitrogen and oxygen atoms in total. The Kier molecular flexibility index (Phi) is 8.30. The molecule has 0 unspecified atom stereocenters. The number of nitrogens with one attached hydrogen (secondary N) is 1. The second kappa shape index (κ2) is 11.8. The van der Waals surface area contributed by atoms with E-state index in [1.165, 1.54) is 0 Å². The van der Waals surface area contributed by atoms with Crippen LogP contribution < -0.4 is 24.7 Å². The molecule has 0 saturated heterocycles. The SMILES string of the molecule is CCOc1cc(C=NNc2cc(N(C)C)nc(N(C)C)n2)cc(Cl)c1OCc1cccc2ccccc12. The van der Waals surface area contributed by atoms with E-state index in [4.69, 9.17) is 21.1 Å². The average Bonchev–Trinajstić information content (AvgIpc) is 2.88. The molecule has 0 spiro atoms. The van der Waals surface area contributed by atoms with Crippen LogP contribution in [-0.4, -0.2) is 51.0 Å². The molecular formula is C28H31ClN6O2. The molecule has 0 fully saturated rings. The fourth-order valence-corrected chi connectivity index (χ4v) is 3.99. The minimum absolute atomic E-state index is 0.367. The molecule has 1 heterocycles. The summed E-state index contributed by atoms with van der Waals surface area (Å²) in [7, 11) is 7.64. The van der Waals surface area contributed by atoms with E-state index in [0.29, 0.717) is 41.5 Å². The lowest BCUT2D eigenvalue weighted by atomic mass is 10.1. The molecule has 3 aromatic carbocycles. The van der Waals surface area contributed by atoms with E-state index in [1.807, 2.05) is 75.2 Å². The van der Waals surface area contributed by atoms with Crippen molar-refractivity contribution < 1.29 is 9.47 Å². The highest BCUT2D eigenvalue weighted by atomic mass is 35.5. The largest absolute Gasteiger partial charge is 0.490 e. The molecule has 0 aliphatic heterocycles. The fraction of sp³-hybridized carbons (Fsp3) is 0.250. The molecule has 9 heteroatoms. The van der Waals surface area contributed by atoms with E-state index in [0.717, 1.165) is 27.7 Å². The molecular weight excluding hydrogens is 488 g/mol. The first kappa shape index (κ1) is 26.0. The first-order chi connectivity index (χ1) is 17.9. The van der Waals surface area contributed by atoms with Gasteiger partial charge in [-0.2, -0.15) is 15.1 Å². The fourth-order valence-electron chi connectivity index (χ4n) is 3.72. The summed E-state index contributed by atoms with van der Waals surface area (Å²) < 4.78 is 12.0. The molecule has 1 aromatic heterocycles. The van der Waals surface area contributed by atoms with Crippen molar-refractivity contribution in [3.8, 4) is 11.5 Å². The van der Waals surface area contributed by atoms with Crippen LogP contribution in [0.25, 0.3) is 10.8 Å². The number of hydrogen-bond donors (Lipinski definition) is 1. The number of hydrazone groups is 1. The summed E-state index contributed by atoms with van der Waals surface area (Å²) in [6, 6.07) is 19.9. The van der Waals surface area contributed by atoms with Crippen LogP contribution in [0.15, 0.2) is 65.8 Å². The van der Waals surface area contributed by atoms with Crippen molar-refractivity contribution in [2.24, 2.45) is 5.10 Å². The number of nitrogens with zero attached hydrogens (tertiary/aromatic N) is 5. The molecule has 0 radical (unpaired) electrons. The number of benzene rings is 3. The first-order valence-electron chi connectivity index (χ1n) is 11.9. The van der Waals surface area contributed by atoms with E-state index >= 15 is 0 Å². The normalized spacial score (nSPS) is 11.1. The Morgan fingerprint density at radius 2 is 1.73 bits per heavy atom. The molecule has 0 aliphatic carbocycles. The lowest BCUT2D eigenvalue weighted by molar-refractivity contribution is 0.270. The lowest BCUT2D eigenvalue weighted by Crippen LogP contribution is -2.17. The standard InChI is InChI=1S/C28H31ClN6O2/c1-6-36-24-15-19(17-30-33-25-16-26(34(2)3)32-28(31-25)35(4)5)14-23(29)27(24)37-18-21-12-9-11-20-10-7-8-13-22(20)21/h7-17H,6,18H2,1-5H3,(H,31,32,33). The summed E-state index contributed by atoms with van der Waals surface area (Å²) >= 11 is 6.64. The topological polar surface area (TPSA) is 75.1 Å². The van der Waals surface area contributed by atoms with Crippen LogP contribution >= 0.6 is 11.6 Å². The second-order valence-electron chi connectivity index (χ2n) is 8.76. The lowest BCUT2D eigenvalue weighted by Gasteiger charge is -2.17. The van der Waals surface area contributed by atoms with Crippen LogP contribution in [0, 0.1) is 0 Å². The van der Waals surface area contributed by atoms with Crippen LogP contribution in [0.4, 0.5) is 17.6 Å². The van der Waals surface area contributed by atoms with Gasteiger partial charge in [-0.3, -0.25) is 5.43 Å². The van der Waals surface area contributed by atoms with Gasteiger partial charge >= 0.3 is 0 Å². The maximum absolute atomic E-state index is 6.64. The minimum atomic E-state index is 0.367. The van der Waals surface area contributed by atoms with Crippen LogP contribution in [0.1, 0.15) is 18.1 Å². The Labute approximate surface area is 222 Å². The molecule has 1 N–H and O–H groups in total. The van der Waals surface area contributed by atoms with Gasteiger partial charge in [-0.05, 0) is 41.0 Å². The maximum Gasteiger partial charge on any atom is 0.228 e. The summed E-state index contributed by atoms with van der Waals surface area (Å²) in [4.78, 5) is 12.8. The molecule has 192 valence electrons. The van der Waals surface area contributed by atoms with Gasteiger partial charge in [-0.1, -0.05) is 54.1 Å². The zero-order valence-electron chi connectivity index (χ0n) is 21.7. The third-order valence-corrected chi connectivity index (χ3v) is 5.82. The van der Waals surface area contributed by atoms with Crippen LogP contribution in [0.5, 0.6) is 11.5 Å². The van der Waals surface area contributed by atoms with Gasteiger partial charge < -0.3 is 19.3 Å². The number of anilines is 3. The summed E-state index contributed by atoms with van der Waals surface area (Å²) in [5, 5.41) is 7.11. The zero-order valence-corrected chi connectivity index (χ0v) is 22.5. The first-order valence-corrected chi connectivity index (χ1v) is 12.3. The molecule has 0 bridgehead atoms. The van der Waals surface area contributed by atoms with Gasteiger partial charge in [0.15, 0.2) is 17.3 Å². The minimum Gasteiger partial charge on any atom is -0.490 e. The van der Waals surface area contributed by atoms with Gasteiger partial charge in [0, 0.05) is 34.3 Å². The second-order valence-corrected chi connectivity index (χ2v) is 9.17. The third kappa shape index (κ3) is 6.40. The Morgan fingerprint density at radius 1 is 0.946 bits per heavy atom. The molecule has 0 amide bonds. The van der Waals surface area contributed by atoms with E-state index in [-0.39, 0.29) is 0 Å². The quantitative estimate of drug-likeness (QED) is 0.209. The van der Waals surface area contributed by atoms with Crippen molar-refractivity contribution in [3.63, 3.8) is 0 Å². The number of rotatable bonds is 10. The van der Waals surface area contributed by atoms with E-state index in [2.05, 4.69) is 44.8 Å². The predicted octanol–water partition coefficient (Wildman–Crippen LogP) is 5.84. The Bertz CT molecular complexity index is 1380. The molecule has 37 heavy (non-hydrogen) atoms. The zero-order chi connectivity index (χ0) is 26.4. The maximum atomic E-state index is 6.64. The van der Waals surface area contributed by atoms with Crippen LogP contribution in [0.2, 0.25) is 5.02 Å². The molecule has 0 saturated carbocycles. The molecule has 0 atom stereocenters. The van der Waals surface area contributed by atoms with E-state index < -0.39 is 0 Å². The molecule has 4 rings (SSSR count). The summed E-state index contributed by atoms with van der Waals surface area (Å²) in [6.45, 7) is 2.76. The number of hydrogen-bond acceptors (Lipinski definition) is 8. The van der Waals surface area contributed by atoms with Gasteiger partial charge in [0.1, 0.15) is 12.4 Å². The Morgan fingerprint density at radius 3 is 2.49 bits per heavy atom. The number of ether oxygens (including phenoxy) is 2. The average molecular weight is 519 g/mol. The summed E-state index contributed by atoms with van der Waals surface area (Å²) in [5.41, 5.74) is 4.81. The molecule has 0 aliphatic rings.